The summed E-state index contributed by atoms with van der Waals surface area (Å²) in [7, 11) is 0. The van der Waals surface area contributed by atoms with E-state index in [1.165, 1.54) is 0 Å². The van der Waals surface area contributed by atoms with E-state index in [9.17, 15) is 9.90 Å². The molecule has 0 atom stereocenters. The van der Waals surface area contributed by atoms with Crippen LogP contribution in [0.5, 0.6) is 0 Å². The van der Waals surface area contributed by atoms with Gasteiger partial charge in [-0.1, -0.05) is 6.07 Å². The van der Waals surface area contributed by atoms with Gasteiger partial charge in [-0.3, -0.25) is 4.79 Å². The Morgan fingerprint density at radius 3 is 3.00 bits per heavy atom. The van der Waals surface area contributed by atoms with Crippen molar-refractivity contribution in [3.8, 4) is 0 Å². The first kappa shape index (κ1) is 10.6. The Kier molecular flexibility index (Phi) is 2.52. The molecular weight excluding hydrogens is 216 g/mol. The van der Waals surface area contributed by atoms with E-state index in [4.69, 9.17) is 0 Å². The molecule has 1 amide bonds. The zero-order chi connectivity index (χ0) is 11.8. The van der Waals surface area contributed by atoms with Crippen molar-refractivity contribution in [2.45, 2.75) is 18.9 Å². The molecule has 90 valence electrons. The number of amides is 1. The number of hydrogen-bond donors (Lipinski definition) is 2. The fourth-order valence-electron chi connectivity index (χ4n) is 2.50. The molecular formula is C13H16N2O2. The van der Waals surface area contributed by atoms with Crippen LogP contribution in [0, 0.1) is 0 Å². The molecule has 2 aliphatic heterocycles. The number of carbonyl (C=O) groups is 1. The Balaban J connectivity index is 1.89. The zero-order valence-corrected chi connectivity index (χ0v) is 9.65. The lowest BCUT2D eigenvalue weighted by Gasteiger charge is -2.36. The van der Waals surface area contributed by atoms with Crippen molar-refractivity contribution >= 4 is 11.6 Å². The average Bonchev–Trinajstić information content (AvgIpc) is 2.33. The van der Waals surface area contributed by atoms with Gasteiger partial charge in [-0.25, -0.2) is 0 Å². The lowest BCUT2D eigenvalue weighted by atomic mass is 9.96. The maximum absolute atomic E-state index is 12.2. The second kappa shape index (κ2) is 4.04. The van der Waals surface area contributed by atoms with Crippen LogP contribution in [0.25, 0.3) is 0 Å². The van der Waals surface area contributed by atoms with Crippen LogP contribution >= 0.6 is 0 Å². The summed E-state index contributed by atoms with van der Waals surface area (Å²) in [4.78, 5) is 13.9. The maximum atomic E-state index is 12.2. The number of aliphatic hydroxyl groups excluding tert-OH is 1. The van der Waals surface area contributed by atoms with Gasteiger partial charge in [0, 0.05) is 30.9 Å². The number of fused-ring (bicyclic) bond motifs is 1. The number of nitrogens with zero attached hydrogens (tertiary/aromatic N) is 1. The maximum Gasteiger partial charge on any atom is 0.254 e. The van der Waals surface area contributed by atoms with Crippen LogP contribution < -0.4 is 5.32 Å². The Hall–Kier alpha value is -1.55. The topological polar surface area (TPSA) is 52.6 Å². The number of aliphatic hydroxyl groups is 1. The zero-order valence-electron chi connectivity index (χ0n) is 9.65. The smallest absolute Gasteiger partial charge is 0.254 e. The van der Waals surface area contributed by atoms with Crippen molar-refractivity contribution < 1.29 is 9.90 Å². The number of likely N-dealkylation sites (tertiary alicyclic amines) is 1. The number of benzene rings is 1. The predicted octanol–water partition coefficient (Wildman–Crippen LogP) is 0.861. The molecule has 0 aromatic heterocycles. The molecule has 17 heavy (non-hydrogen) atoms. The van der Waals surface area contributed by atoms with E-state index >= 15 is 0 Å². The molecule has 1 fully saturated rings. The third-order valence-corrected chi connectivity index (χ3v) is 3.47. The number of β-amino-alcohol motifs (C(OH)–C–C–N with tert-alkyl or cyclic N) is 1. The Morgan fingerprint density at radius 2 is 2.24 bits per heavy atom. The van der Waals surface area contributed by atoms with E-state index < -0.39 is 0 Å². The summed E-state index contributed by atoms with van der Waals surface area (Å²) < 4.78 is 0. The standard InChI is InChI=1S/C13H16N2O2/c16-9-7-15(8-9)13(17)11-3-1-5-12-10(11)4-2-6-14-12/h1,3,5,9,14,16H,2,4,6-8H2. The average molecular weight is 232 g/mol. The molecule has 0 unspecified atom stereocenters. The fourth-order valence-corrected chi connectivity index (χ4v) is 2.50. The van der Waals surface area contributed by atoms with E-state index in [-0.39, 0.29) is 12.0 Å². The number of rotatable bonds is 1. The van der Waals surface area contributed by atoms with E-state index in [1.807, 2.05) is 18.2 Å². The van der Waals surface area contributed by atoms with Gasteiger partial charge in [-0.15, -0.1) is 0 Å². The van der Waals surface area contributed by atoms with Crippen molar-refractivity contribution in [3.63, 3.8) is 0 Å². The molecule has 0 saturated carbocycles. The number of nitrogens with one attached hydrogen (secondary N) is 1. The van der Waals surface area contributed by atoms with Crippen LogP contribution in [0.15, 0.2) is 18.2 Å². The third kappa shape index (κ3) is 1.78. The summed E-state index contributed by atoms with van der Waals surface area (Å²) in [6.07, 6.45) is 1.69. The molecule has 2 aliphatic rings. The van der Waals surface area contributed by atoms with Gasteiger partial charge in [-0.2, -0.15) is 0 Å². The van der Waals surface area contributed by atoms with Gasteiger partial charge < -0.3 is 15.3 Å². The van der Waals surface area contributed by atoms with Gasteiger partial charge in [0.1, 0.15) is 0 Å². The molecule has 2 heterocycles. The second-order valence-corrected chi connectivity index (χ2v) is 4.73. The highest BCUT2D eigenvalue weighted by Crippen LogP contribution is 2.27. The monoisotopic (exact) mass is 232 g/mol. The predicted molar refractivity (Wildman–Crippen MR) is 65.2 cm³/mol. The van der Waals surface area contributed by atoms with Gasteiger partial charge in [0.05, 0.1) is 6.10 Å². The van der Waals surface area contributed by atoms with Crippen LogP contribution in [-0.4, -0.2) is 41.7 Å². The van der Waals surface area contributed by atoms with E-state index in [1.54, 1.807) is 4.90 Å². The normalized spacial score (nSPS) is 19.2. The Bertz CT molecular complexity index is 453. The second-order valence-electron chi connectivity index (χ2n) is 4.73. The van der Waals surface area contributed by atoms with Gasteiger partial charge >= 0.3 is 0 Å². The molecule has 1 saturated heterocycles. The summed E-state index contributed by atoms with van der Waals surface area (Å²) in [5.74, 6) is 0.0517. The van der Waals surface area contributed by atoms with Crippen LogP contribution in [0.4, 0.5) is 5.69 Å². The Labute approximate surface area is 100 Å². The Morgan fingerprint density at radius 1 is 1.41 bits per heavy atom. The highest BCUT2D eigenvalue weighted by molar-refractivity contribution is 5.97. The van der Waals surface area contributed by atoms with E-state index in [0.29, 0.717) is 13.1 Å². The van der Waals surface area contributed by atoms with Crippen LogP contribution in [-0.2, 0) is 6.42 Å². The minimum Gasteiger partial charge on any atom is -0.389 e. The highest BCUT2D eigenvalue weighted by atomic mass is 16.3. The van der Waals surface area contributed by atoms with E-state index in [2.05, 4.69) is 5.32 Å². The van der Waals surface area contributed by atoms with Crippen LogP contribution in [0.2, 0.25) is 0 Å². The summed E-state index contributed by atoms with van der Waals surface area (Å²) in [5, 5.41) is 12.6. The summed E-state index contributed by atoms with van der Waals surface area (Å²) in [6.45, 7) is 1.92. The minimum absolute atomic E-state index is 0.0517. The molecule has 1 aromatic rings. The van der Waals surface area contributed by atoms with Crippen LogP contribution in [0.1, 0.15) is 22.3 Å². The highest BCUT2D eigenvalue weighted by Gasteiger charge is 2.31. The van der Waals surface area contributed by atoms with Crippen molar-refractivity contribution in [3.05, 3.63) is 29.3 Å². The molecule has 4 heteroatoms. The summed E-state index contributed by atoms with van der Waals surface area (Å²) in [5.41, 5.74) is 3.01. The first-order valence-corrected chi connectivity index (χ1v) is 6.09. The van der Waals surface area contributed by atoms with Crippen molar-refractivity contribution in [2.24, 2.45) is 0 Å². The molecule has 0 bridgehead atoms. The lowest BCUT2D eigenvalue weighted by Crippen LogP contribution is -2.53. The molecule has 3 rings (SSSR count). The van der Waals surface area contributed by atoms with Gasteiger partial charge in [0.15, 0.2) is 0 Å². The summed E-state index contributed by atoms with van der Waals surface area (Å²) in [6, 6.07) is 5.83. The van der Waals surface area contributed by atoms with Gasteiger partial charge in [-0.05, 0) is 30.5 Å². The van der Waals surface area contributed by atoms with Crippen molar-refractivity contribution in [1.29, 1.82) is 0 Å². The first-order chi connectivity index (χ1) is 8.25. The number of anilines is 1. The van der Waals surface area contributed by atoms with Crippen LogP contribution in [0.3, 0.4) is 0 Å². The molecule has 1 aromatic carbocycles. The molecule has 0 radical (unpaired) electrons. The molecule has 4 nitrogen and oxygen atoms in total. The van der Waals surface area contributed by atoms with Gasteiger partial charge in [0.25, 0.3) is 5.91 Å². The molecule has 2 N–H and O–H groups in total. The minimum atomic E-state index is -0.336. The fraction of sp³-hybridized carbons (Fsp3) is 0.462. The largest absolute Gasteiger partial charge is 0.389 e. The summed E-state index contributed by atoms with van der Waals surface area (Å²) >= 11 is 0. The molecule has 0 aliphatic carbocycles. The van der Waals surface area contributed by atoms with Gasteiger partial charge in [0.2, 0.25) is 0 Å². The SMILES string of the molecule is O=C(c1cccc2c1CCCN2)N1CC(O)C1. The third-order valence-electron chi connectivity index (χ3n) is 3.47. The van der Waals surface area contributed by atoms with Crippen molar-refractivity contribution in [2.75, 3.05) is 25.0 Å². The molecule has 0 spiro atoms. The van der Waals surface area contributed by atoms with E-state index in [0.717, 1.165) is 36.2 Å². The first-order valence-electron chi connectivity index (χ1n) is 6.09. The van der Waals surface area contributed by atoms with Crippen molar-refractivity contribution in [1.82, 2.24) is 4.90 Å². The number of carbonyl (C=O) groups excluding carboxylic acids is 1. The number of hydrogen-bond acceptors (Lipinski definition) is 3. The quantitative estimate of drug-likeness (QED) is 0.755. The lowest BCUT2D eigenvalue weighted by molar-refractivity contribution is 0.00582.